The number of thioether (sulfide) groups is 1. The van der Waals surface area contributed by atoms with Crippen LogP contribution in [0.2, 0.25) is 0 Å². The van der Waals surface area contributed by atoms with Crippen molar-refractivity contribution in [2.24, 2.45) is 0 Å². The first kappa shape index (κ1) is 14.3. The second-order valence-corrected chi connectivity index (χ2v) is 6.79. The van der Waals surface area contributed by atoms with E-state index in [0.29, 0.717) is 5.92 Å². The number of aromatic nitrogens is 4. The summed E-state index contributed by atoms with van der Waals surface area (Å²) < 4.78 is 4.15. The van der Waals surface area contributed by atoms with Crippen molar-refractivity contribution in [3.8, 4) is 11.3 Å². The lowest BCUT2D eigenvalue weighted by Crippen LogP contribution is -1.98. The highest BCUT2D eigenvalue weighted by atomic mass is 32.2. The Bertz CT molecular complexity index is 997. The van der Waals surface area contributed by atoms with Crippen LogP contribution in [0.5, 0.6) is 0 Å². The van der Waals surface area contributed by atoms with Crippen molar-refractivity contribution in [3.63, 3.8) is 0 Å². The van der Waals surface area contributed by atoms with Gasteiger partial charge in [0.25, 0.3) is 0 Å². The Morgan fingerprint density at radius 1 is 1.09 bits per heavy atom. The Labute approximate surface area is 139 Å². The smallest absolute Gasteiger partial charge is 0.140 e. The van der Waals surface area contributed by atoms with Gasteiger partial charge in [-0.1, -0.05) is 13.8 Å². The molecule has 0 bridgehead atoms. The Kier molecular flexibility index (Phi) is 3.38. The zero-order chi connectivity index (χ0) is 16.0. The van der Waals surface area contributed by atoms with Crippen LogP contribution in [0.25, 0.3) is 22.6 Å². The standard InChI is InChI=1S/C18H18N4S/c1-12(2)17-14(5-8-21-9-6-19-18(17)21)15-11-22-7-4-13(23-3)10-16(22)20-15/h4-12H,1-3H3. The minimum Gasteiger partial charge on any atom is -0.307 e. The molecule has 23 heavy (non-hydrogen) atoms. The van der Waals surface area contributed by atoms with Crippen LogP contribution in [-0.4, -0.2) is 25.0 Å². The summed E-state index contributed by atoms with van der Waals surface area (Å²) in [6.07, 6.45) is 12.1. The van der Waals surface area contributed by atoms with E-state index in [1.807, 2.05) is 12.4 Å². The molecule has 0 unspecified atom stereocenters. The van der Waals surface area contributed by atoms with Crippen LogP contribution in [0.4, 0.5) is 0 Å². The van der Waals surface area contributed by atoms with Crippen molar-refractivity contribution in [3.05, 3.63) is 54.7 Å². The Hall–Kier alpha value is -2.27. The summed E-state index contributed by atoms with van der Waals surface area (Å²) in [5, 5.41) is 0. The minimum atomic E-state index is 0.377. The fraction of sp³-hybridized carbons (Fsp3) is 0.222. The fourth-order valence-corrected chi connectivity index (χ4v) is 3.44. The monoisotopic (exact) mass is 322 g/mol. The van der Waals surface area contributed by atoms with Crippen molar-refractivity contribution in [1.29, 1.82) is 0 Å². The lowest BCUT2D eigenvalue weighted by atomic mass is 9.97. The number of hydrogen-bond acceptors (Lipinski definition) is 3. The fourth-order valence-electron chi connectivity index (χ4n) is 3.02. The molecular formula is C18H18N4S. The van der Waals surface area contributed by atoms with Gasteiger partial charge in [0.05, 0.1) is 5.69 Å². The van der Waals surface area contributed by atoms with Crippen molar-refractivity contribution in [2.45, 2.75) is 24.7 Å². The van der Waals surface area contributed by atoms with Crippen LogP contribution in [0, 0.1) is 0 Å². The van der Waals surface area contributed by atoms with Crippen LogP contribution >= 0.6 is 11.8 Å². The molecular weight excluding hydrogens is 304 g/mol. The lowest BCUT2D eigenvalue weighted by molar-refractivity contribution is 0.864. The van der Waals surface area contributed by atoms with Gasteiger partial charge in [0, 0.05) is 47.0 Å². The Morgan fingerprint density at radius 3 is 2.70 bits per heavy atom. The lowest BCUT2D eigenvalue weighted by Gasteiger charge is -2.12. The Balaban J connectivity index is 1.96. The predicted molar refractivity (Wildman–Crippen MR) is 95.2 cm³/mol. The number of imidazole rings is 2. The molecule has 4 nitrogen and oxygen atoms in total. The second kappa shape index (κ2) is 5.42. The van der Waals surface area contributed by atoms with Gasteiger partial charge in [-0.05, 0) is 30.4 Å². The number of fused-ring (bicyclic) bond motifs is 2. The third-order valence-corrected chi connectivity index (χ3v) is 4.85. The molecule has 4 heterocycles. The van der Waals surface area contributed by atoms with Gasteiger partial charge in [-0.2, -0.15) is 0 Å². The van der Waals surface area contributed by atoms with E-state index < -0.39 is 0 Å². The average Bonchev–Trinajstić information content (AvgIpc) is 3.18. The van der Waals surface area contributed by atoms with Crippen molar-refractivity contribution in [2.75, 3.05) is 6.26 Å². The van der Waals surface area contributed by atoms with Crippen LogP contribution in [0.3, 0.4) is 0 Å². The molecule has 0 spiro atoms. The van der Waals surface area contributed by atoms with Crippen LogP contribution in [0.1, 0.15) is 25.3 Å². The second-order valence-electron chi connectivity index (χ2n) is 5.91. The summed E-state index contributed by atoms with van der Waals surface area (Å²) in [6.45, 7) is 4.41. The maximum absolute atomic E-state index is 4.84. The molecule has 0 aliphatic carbocycles. The minimum absolute atomic E-state index is 0.377. The average molecular weight is 322 g/mol. The van der Waals surface area contributed by atoms with Gasteiger partial charge in [-0.15, -0.1) is 11.8 Å². The first-order valence-corrected chi connectivity index (χ1v) is 8.88. The van der Waals surface area contributed by atoms with E-state index in [1.54, 1.807) is 11.8 Å². The highest BCUT2D eigenvalue weighted by molar-refractivity contribution is 7.98. The molecule has 0 N–H and O–H groups in total. The molecule has 0 aromatic carbocycles. The van der Waals surface area contributed by atoms with Crippen LogP contribution < -0.4 is 0 Å². The topological polar surface area (TPSA) is 34.6 Å². The van der Waals surface area contributed by atoms with Crippen molar-refractivity contribution < 1.29 is 0 Å². The predicted octanol–water partition coefficient (Wildman–Crippen LogP) is 4.49. The zero-order valence-electron chi connectivity index (χ0n) is 13.4. The Morgan fingerprint density at radius 2 is 1.91 bits per heavy atom. The first-order valence-electron chi connectivity index (χ1n) is 7.66. The molecule has 0 aliphatic heterocycles. The van der Waals surface area contributed by atoms with E-state index in [4.69, 9.17) is 4.98 Å². The van der Waals surface area contributed by atoms with E-state index in [-0.39, 0.29) is 0 Å². The number of hydrogen-bond donors (Lipinski definition) is 0. The largest absolute Gasteiger partial charge is 0.307 e. The van der Waals surface area contributed by atoms with E-state index in [2.05, 4.69) is 70.7 Å². The zero-order valence-corrected chi connectivity index (χ0v) is 14.2. The van der Waals surface area contributed by atoms with Gasteiger partial charge in [-0.3, -0.25) is 0 Å². The molecule has 0 amide bonds. The number of pyridine rings is 2. The molecule has 0 aliphatic rings. The highest BCUT2D eigenvalue weighted by Gasteiger charge is 2.16. The highest BCUT2D eigenvalue weighted by Crippen LogP contribution is 2.32. The van der Waals surface area contributed by atoms with Crippen LogP contribution in [-0.2, 0) is 0 Å². The molecule has 0 atom stereocenters. The van der Waals surface area contributed by atoms with E-state index in [0.717, 1.165) is 22.6 Å². The molecule has 0 radical (unpaired) electrons. The molecule has 0 saturated carbocycles. The van der Waals surface area contributed by atoms with Gasteiger partial charge in [0.1, 0.15) is 11.3 Å². The molecule has 116 valence electrons. The molecule has 0 fully saturated rings. The summed E-state index contributed by atoms with van der Waals surface area (Å²) in [4.78, 5) is 10.6. The third kappa shape index (κ3) is 2.32. The maximum atomic E-state index is 4.84. The summed E-state index contributed by atoms with van der Waals surface area (Å²) in [6, 6.07) is 6.38. The first-order chi connectivity index (χ1) is 11.2. The summed E-state index contributed by atoms with van der Waals surface area (Å²) >= 11 is 1.73. The SMILES string of the molecule is CSc1ccn2cc(-c3ccn4ccnc4c3C(C)C)nc2c1. The van der Waals surface area contributed by atoms with Gasteiger partial charge in [0.15, 0.2) is 0 Å². The maximum Gasteiger partial charge on any atom is 0.140 e. The molecule has 4 aromatic rings. The van der Waals surface area contributed by atoms with Gasteiger partial charge in [0.2, 0.25) is 0 Å². The van der Waals surface area contributed by atoms with E-state index in [1.165, 1.54) is 10.5 Å². The molecule has 0 saturated heterocycles. The quantitative estimate of drug-likeness (QED) is 0.521. The molecule has 4 rings (SSSR count). The summed E-state index contributed by atoms with van der Waals surface area (Å²) in [5.74, 6) is 0.377. The number of nitrogens with zero attached hydrogens (tertiary/aromatic N) is 4. The normalized spacial score (nSPS) is 11.8. The molecule has 5 heteroatoms. The summed E-state index contributed by atoms with van der Waals surface area (Å²) in [5.41, 5.74) is 5.39. The van der Waals surface area contributed by atoms with Gasteiger partial charge < -0.3 is 8.80 Å². The van der Waals surface area contributed by atoms with E-state index in [9.17, 15) is 0 Å². The summed E-state index contributed by atoms with van der Waals surface area (Å²) in [7, 11) is 0. The van der Waals surface area contributed by atoms with Gasteiger partial charge >= 0.3 is 0 Å². The number of rotatable bonds is 3. The van der Waals surface area contributed by atoms with Crippen LogP contribution in [0.15, 0.2) is 54.1 Å². The van der Waals surface area contributed by atoms with Gasteiger partial charge in [-0.25, -0.2) is 9.97 Å². The van der Waals surface area contributed by atoms with E-state index >= 15 is 0 Å². The molecule has 4 aromatic heterocycles. The van der Waals surface area contributed by atoms with Crippen molar-refractivity contribution >= 4 is 23.1 Å². The van der Waals surface area contributed by atoms with Crippen molar-refractivity contribution in [1.82, 2.24) is 18.8 Å². The third-order valence-electron chi connectivity index (χ3n) is 4.12.